The topological polar surface area (TPSA) is 68.7 Å². The molecule has 0 fully saturated rings. The molecule has 1 amide bonds. The molecule has 1 unspecified atom stereocenters. The lowest BCUT2D eigenvalue weighted by Gasteiger charge is -2.36. The predicted octanol–water partition coefficient (Wildman–Crippen LogP) is 1.42. The number of hydrogen-bond donors (Lipinski definition) is 2. The molecule has 7 heteroatoms. The van der Waals surface area contributed by atoms with Crippen molar-refractivity contribution in [3.8, 4) is 0 Å². The van der Waals surface area contributed by atoms with Crippen molar-refractivity contribution in [1.29, 1.82) is 0 Å². The zero-order valence-electron chi connectivity index (χ0n) is 13.1. The Bertz CT molecular complexity index is 701. The third kappa shape index (κ3) is 2.68. The summed E-state index contributed by atoms with van der Waals surface area (Å²) in [7, 11) is 1.75. The summed E-state index contributed by atoms with van der Waals surface area (Å²) in [5.74, 6) is 0.506. The minimum absolute atomic E-state index is 0.0247. The Morgan fingerprint density at radius 3 is 2.91 bits per heavy atom. The Labute approximate surface area is 140 Å². The van der Waals surface area contributed by atoms with E-state index >= 15 is 0 Å². The number of nitrogens with zero attached hydrogens (tertiary/aromatic N) is 3. The van der Waals surface area contributed by atoms with Crippen LogP contribution in [0.1, 0.15) is 22.8 Å². The third-order valence-electron chi connectivity index (χ3n) is 4.13. The van der Waals surface area contributed by atoms with E-state index in [0.29, 0.717) is 29.5 Å². The van der Waals surface area contributed by atoms with E-state index in [4.69, 9.17) is 16.7 Å². The number of fused-ring (bicyclic) bond motifs is 2. The Hall–Kier alpha value is -2.05. The standard InChI is InChI=1S/C16H19ClN4O2/c1-3-21-14-11(8-10(6-7-22)9-18-14)16(23)20(2)12-4-5-13(17)19-15(12)21/h4-5,8-9,15,19,22H,3,6-7H2,1-2H3. The second-order valence-corrected chi connectivity index (χ2v) is 5.90. The molecule has 1 aromatic heterocycles. The van der Waals surface area contributed by atoms with E-state index in [0.717, 1.165) is 11.3 Å². The van der Waals surface area contributed by atoms with Crippen molar-refractivity contribution in [1.82, 2.24) is 15.2 Å². The van der Waals surface area contributed by atoms with Gasteiger partial charge in [-0.3, -0.25) is 4.79 Å². The molecule has 0 aromatic carbocycles. The number of pyridine rings is 1. The van der Waals surface area contributed by atoms with Crippen LogP contribution in [-0.4, -0.2) is 47.3 Å². The number of anilines is 1. The van der Waals surface area contributed by atoms with Gasteiger partial charge in [-0.15, -0.1) is 0 Å². The average molecular weight is 335 g/mol. The van der Waals surface area contributed by atoms with Gasteiger partial charge >= 0.3 is 0 Å². The summed E-state index contributed by atoms with van der Waals surface area (Å²) < 4.78 is 0. The summed E-state index contributed by atoms with van der Waals surface area (Å²) in [5, 5.41) is 12.8. The zero-order valence-corrected chi connectivity index (χ0v) is 13.8. The van der Waals surface area contributed by atoms with Crippen molar-refractivity contribution >= 4 is 23.3 Å². The highest BCUT2D eigenvalue weighted by Gasteiger charge is 2.36. The van der Waals surface area contributed by atoms with Crippen LogP contribution in [0.2, 0.25) is 0 Å². The number of hydrogen-bond acceptors (Lipinski definition) is 5. The highest BCUT2D eigenvalue weighted by molar-refractivity contribution is 6.29. The van der Waals surface area contributed by atoms with Crippen LogP contribution in [0.3, 0.4) is 0 Å². The van der Waals surface area contributed by atoms with Gasteiger partial charge in [0.15, 0.2) is 0 Å². The van der Waals surface area contributed by atoms with Gasteiger partial charge in [0, 0.05) is 26.4 Å². The number of nitrogens with one attached hydrogen (secondary N) is 1. The molecule has 2 aliphatic rings. The number of amides is 1. The molecule has 0 saturated carbocycles. The normalized spacial score (nSPS) is 20.2. The van der Waals surface area contributed by atoms with Crippen LogP contribution in [0.5, 0.6) is 0 Å². The van der Waals surface area contributed by atoms with Crippen molar-refractivity contribution in [2.45, 2.75) is 19.5 Å². The van der Waals surface area contributed by atoms with E-state index in [-0.39, 0.29) is 18.7 Å². The summed E-state index contributed by atoms with van der Waals surface area (Å²) in [6.07, 6.45) is 5.53. The van der Waals surface area contributed by atoms with Crippen LogP contribution in [0.25, 0.3) is 0 Å². The molecular weight excluding hydrogens is 316 g/mol. The molecule has 2 aliphatic heterocycles. The first kappa shape index (κ1) is 15.8. The van der Waals surface area contributed by atoms with Crippen molar-refractivity contribution in [3.05, 3.63) is 46.4 Å². The monoisotopic (exact) mass is 334 g/mol. The van der Waals surface area contributed by atoms with Crippen LogP contribution in [-0.2, 0) is 6.42 Å². The highest BCUT2D eigenvalue weighted by atomic mass is 35.5. The van der Waals surface area contributed by atoms with Crippen LogP contribution in [0, 0.1) is 0 Å². The summed E-state index contributed by atoms with van der Waals surface area (Å²) >= 11 is 6.12. The Balaban J connectivity index is 2.14. The molecule has 1 aromatic rings. The average Bonchev–Trinajstić information content (AvgIpc) is 2.63. The molecule has 0 aliphatic carbocycles. The first-order valence-corrected chi connectivity index (χ1v) is 7.93. The summed E-state index contributed by atoms with van der Waals surface area (Å²) in [5.41, 5.74) is 2.20. The molecule has 0 spiro atoms. The van der Waals surface area contributed by atoms with Gasteiger partial charge in [0.1, 0.15) is 17.1 Å². The molecule has 3 rings (SSSR count). The van der Waals surface area contributed by atoms with Gasteiger partial charge in [0.2, 0.25) is 0 Å². The van der Waals surface area contributed by atoms with E-state index in [1.807, 2.05) is 24.0 Å². The zero-order chi connectivity index (χ0) is 16.6. The molecule has 3 heterocycles. The van der Waals surface area contributed by atoms with Crippen LogP contribution < -0.4 is 10.2 Å². The Morgan fingerprint density at radius 1 is 1.43 bits per heavy atom. The Kier molecular flexibility index (Phi) is 4.28. The number of likely N-dealkylation sites (N-methyl/N-ethyl adjacent to an activating group) is 2. The number of halogens is 1. The van der Waals surface area contributed by atoms with E-state index in [9.17, 15) is 4.79 Å². The fourth-order valence-electron chi connectivity index (χ4n) is 2.94. The van der Waals surface area contributed by atoms with Crippen molar-refractivity contribution < 1.29 is 9.90 Å². The summed E-state index contributed by atoms with van der Waals surface area (Å²) in [6, 6.07) is 1.81. The number of dihydropyridines is 1. The van der Waals surface area contributed by atoms with E-state index in [2.05, 4.69) is 10.3 Å². The molecule has 0 radical (unpaired) electrons. The first-order chi connectivity index (χ1) is 11.1. The lowest BCUT2D eigenvalue weighted by molar-refractivity contribution is 0.0832. The fraction of sp³-hybridized carbons (Fsp3) is 0.375. The molecule has 1 atom stereocenters. The van der Waals surface area contributed by atoms with E-state index < -0.39 is 0 Å². The van der Waals surface area contributed by atoms with Gasteiger partial charge in [0.05, 0.1) is 11.3 Å². The first-order valence-electron chi connectivity index (χ1n) is 7.55. The van der Waals surface area contributed by atoms with Crippen molar-refractivity contribution in [2.75, 3.05) is 25.1 Å². The maximum atomic E-state index is 12.9. The number of aromatic nitrogens is 1. The van der Waals surface area contributed by atoms with Gasteiger partial charge in [0.25, 0.3) is 5.91 Å². The lowest BCUT2D eigenvalue weighted by atomic mass is 10.1. The number of carbonyl (C=O) groups is 1. The minimum Gasteiger partial charge on any atom is -0.396 e. The summed E-state index contributed by atoms with van der Waals surface area (Å²) in [6.45, 7) is 2.70. The minimum atomic E-state index is -0.246. The van der Waals surface area contributed by atoms with Crippen LogP contribution in [0.15, 0.2) is 35.3 Å². The maximum Gasteiger partial charge on any atom is 0.261 e. The van der Waals surface area contributed by atoms with Gasteiger partial charge < -0.3 is 20.2 Å². The van der Waals surface area contributed by atoms with Gasteiger partial charge in [-0.05, 0) is 37.1 Å². The largest absolute Gasteiger partial charge is 0.396 e. The third-order valence-corrected chi connectivity index (χ3v) is 4.36. The lowest BCUT2D eigenvalue weighted by Crippen LogP contribution is -2.49. The molecule has 23 heavy (non-hydrogen) atoms. The highest BCUT2D eigenvalue weighted by Crippen LogP contribution is 2.32. The van der Waals surface area contributed by atoms with Crippen LogP contribution in [0.4, 0.5) is 5.82 Å². The second kappa shape index (κ2) is 6.22. The number of aliphatic hydroxyl groups excluding tert-OH is 1. The fourth-order valence-corrected chi connectivity index (χ4v) is 3.11. The number of aliphatic hydroxyl groups is 1. The number of carbonyl (C=O) groups excluding carboxylic acids is 1. The van der Waals surface area contributed by atoms with Crippen molar-refractivity contribution in [3.63, 3.8) is 0 Å². The Morgan fingerprint density at radius 2 is 2.22 bits per heavy atom. The van der Waals surface area contributed by atoms with Crippen molar-refractivity contribution in [2.24, 2.45) is 0 Å². The number of rotatable bonds is 3. The second-order valence-electron chi connectivity index (χ2n) is 5.49. The quantitative estimate of drug-likeness (QED) is 0.818. The number of allylic oxidation sites excluding steroid dienone is 2. The molecule has 2 N–H and O–H groups in total. The molecule has 6 nitrogen and oxygen atoms in total. The van der Waals surface area contributed by atoms with Gasteiger partial charge in [-0.2, -0.15) is 0 Å². The molecule has 0 saturated heterocycles. The van der Waals surface area contributed by atoms with E-state index in [1.165, 1.54) is 0 Å². The molecule has 0 bridgehead atoms. The van der Waals surface area contributed by atoms with Gasteiger partial charge in [-0.25, -0.2) is 4.98 Å². The predicted molar refractivity (Wildman–Crippen MR) is 89.1 cm³/mol. The SMILES string of the molecule is CCN1c2ncc(CCO)cc2C(=O)N(C)C2=CC=C(Cl)NC21. The maximum absolute atomic E-state index is 12.9. The van der Waals surface area contributed by atoms with Crippen LogP contribution >= 0.6 is 11.6 Å². The van der Waals surface area contributed by atoms with Gasteiger partial charge in [-0.1, -0.05) is 11.6 Å². The van der Waals surface area contributed by atoms with E-state index in [1.54, 1.807) is 24.2 Å². The molecule has 122 valence electrons. The summed E-state index contributed by atoms with van der Waals surface area (Å²) in [4.78, 5) is 21.0. The molecular formula is C16H19ClN4O2. The smallest absolute Gasteiger partial charge is 0.261 e.